The summed E-state index contributed by atoms with van der Waals surface area (Å²) in [6.45, 7) is 0. The average molecular weight is 424 g/mol. The molecule has 0 radical (unpaired) electrons. The van der Waals surface area contributed by atoms with Gasteiger partial charge in [-0.2, -0.15) is 34.8 Å². The predicted octanol–water partition coefficient (Wildman–Crippen LogP) is 4.29. The van der Waals surface area contributed by atoms with E-state index < -0.39 is 45.0 Å². The van der Waals surface area contributed by atoms with Crippen LogP contribution in [0.25, 0.3) is 0 Å². The highest BCUT2D eigenvalue weighted by Crippen LogP contribution is 2.38. The van der Waals surface area contributed by atoms with E-state index in [9.17, 15) is 34.8 Å². The maximum absolute atomic E-state index is 13.0. The van der Waals surface area contributed by atoms with Gasteiger partial charge in [-0.05, 0) is 30.3 Å². The van der Waals surface area contributed by atoms with E-state index in [-0.39, 0.29) is 22.3 Å². The number of anilines is 1. The van der Waals surface area contributed by atoms with Crippen molar-refractivity contribution in [2.75, 3.05) is 12.4 Å². The number of sulfonamides is 1. The van der Waals surface area contributed by atoms with Gasteiger partial charge in [-0.1, -0.05) is 0 Å². The van der Waals surface area contributed by atoms with Crippen molar-refractivity contribution in [1.82, 2.24) is 0 Å². The number of hydrogen-bond donors (Lipinski definition) is 1. The van der Waals surface area contributed by atoms with E-state index in [0.29, 0.717) is 12.1 Å². The molecule has 0 bridgehead atoms. The topological polar surface area (TPSA) is 67.8 Å². The lowest BCUT2D eigenvalue weighted by atomic mass is 10.1. The van der Waals surface area contributed by atoms with Crippen LogP contribution in [0.2, 0.25) is 0 Å². The second-order valence-corrected chi connectivity index (χ2v) is 7.27. The fraction of sp³-hybridized carbons (Fsp3) is 0.188. The fourth-order valence-corrected chi connectivity index (χ4v) is 3.70. The van der Waals surface area contributed by atoms with E-state index >= 15 is 0 Å². The maximum Gasteiger partial charge on any atom is 0.416 e. The Bertz CT molecular complexity index is 1040. The van der Waals surface area contributed by atoms with Gasteiger partial charge < -0.3 is 10.1 Å². The molecule has 0 amide bonds. The summed E-state index contributed by atoms with van der Waals surface area (Å²) in [6.07, 6.45) is -10.1. The molecule has 5 nitrogen and oxygen atoms in total. The van der Waals surface area contributed by atoms with Crippen LogP contribution >= 0.6 is 0 Å². The van der Waals surface area contributed by atoms with E-state index in [0.717, 1.165) is 6.07 Å². The van der Waals surface area contributed by atoms with Crippen LogP contribution < -0.4 is 10.1 Å². The van der Waals surface area contributed by atoms with Crippen LogP contribution in [0.3, 0.4) is 0 Å². The van der Waals surface area contributed by atoms with Gasteiger partial charge in [-0.3, -0.25) is 0 Å². The Balaban J connectivity index is 2.08. The van der Waals surface area contributed by atoms with E-state index in [4.69, 9.17) is 4.74 Å². The number of nitrogens with zero attached hydrogens (tertiary/aromatic N) is 1. The van der Waals surface area contributed by atoms with Gasteiger partial charge in [0, 0.05) is 17.3 Å². The summed E-state index contributed by atoms with van der Waals surface area (Å²) in [6, 6.07) is 4.65. The number of halogens is 6. The Morgan fingerprint density at radius 2 is 1.50 bits per heavy atom. The number of benzene rings is 2. The second-order valence-electron chi connectivity index (χ2n) is 5.70. The number of nitrogens with one attached hydrogen (secondary N) is 1. The molecule has 1 N–H and O–H groups in total. The van der Waals surface area contributed by atoms with Crippen LogP contribution in [-0.4, -0.2) is 21.4 Å². The molecule has 28 heavy (non-hydrogen) atoms. The largest absolute Gasteiger partial charge is 0.497 e. The average Bonchev–Trinajstić information content (AvgIpc) is 2.83. The fourth-order valence-electron chi connectivity index (χ4n) is 2.51. The number of methoxy groups -OCH3 is 1. The van der Waals surface area contributed by atoms with Crippen LogP contribution in [-0.2, 0) is 22.4 Å². The minimum Gasteiger partial charge on any atom is -0.497 e. The summed E-state index contributed by atoms with van der Waals surface area (Å²) in [5, 5.41) is 2.25. The lowest BCUT2D eigenvalue weighted by Crippen LogP contribution is -2.15. The van der Waals surface area contributed by atoms with Crippen LogP contribution in [0, 0.1) is 0 Å². The normalized spacial score (nSPS) is 15.8. The molecule has 3 rings (SSSR count). The third kappa shape index (κ3) is 3.77. The zero-order valence-electron chi connectivity index (χ0n) is 13.8. The first-order valence-electron chi connectivity index (χ1n) is 7.41. The summed E-state index contributed by atoms with van der Waals surface area (Å²) in [4.78, 5) is -0.280. The molecule has 0 aliphatic carbocycles. The van der Waals surface area contributed by atoms with Gasteiger partial charge in [0.25, 0.3) is 10.0 Å². The Labute approximate surface area is 154 Å². The van der Waals surface area contributed by atoms with Gasteiger partial charge in [0.1, 0.15) is 10.6 Å². The Hall–Kier alpha value is -2.76. The maximum atomic E-state index is 13.0. The smallest absolute Gasteiger partial charge is 0.416 e. The van der Waals surface area contributed by atoms with Crippen molar-refractivity contribution < 1.29 is 39.5 Å². The highest BCUT2D eigenvalue weighted by molar-refractivity contribution is 7.90. The standard InChI is InChI=1S/C16H10F6N2O3S/c1-27-11-2-3-12-13(7-11)28(25,26)24-14(12)23-10-5-8(15(17,18)19)4-9(6-10)16(20,21)22/h2-7H,1H3,(H,23,24). The number of hydrogen-bond acceptors (Lipinski definition) is 4. The first kappa shape index (κ1) is 20.0. The number of ether oxygens (including phenoxy) is 1. The SMILES string of the molecule is COc1ccc2c(c1)S(=O)(=O)N=C2Nc1cc(C(F)(F)F)cc(C(F)(F)F)c1. The minimum absolute atomic E-state index is 0.00762. The highest BCUT2D eigenvalue weighted by atomic mass is 32.2. The van der Waals surface area contributed by atoms with Crippen molar-refractivity contribution in [3.05, 3.63) is 53.1 Å². The third-order valence-corrected chi connectivity index (χ3v) is 5.10. The molecule has 150 valence electrons. The number of alkyl halides is 6. The van der Waals surface area contributed by atoms with Crippen LogP contribution in [0.4, 0.5) is 32.0 Å². The Kier molecular flexibility index (Phi) is 4.57. The molecular formula is C16H10F6N2O3S. The molecule has 0 saturated heterocycles. The summed E-state index contributed by atoms with van der Waals surface area (Å²) < 4.78 is 110. The van der Waals surface area contributed by atoms with Crippen molar-refractivity contribution in [2.45, 2.75) is 17.2 Å². The number of amidine groups is 1. The van der Waals surface area contributed by atoms with Gasteiger partial charge in [0.2, 0.25) is 0 Å². The van der Waals surface area contributed by atoms with Crippen LogP contribution in [0.15, 0.2) is 45.7 Å². The van der Waals surface area contributed by atoms with E-state index in [2.05, 4.69) is 9.71 Å². The number of fused-ring (bicyclic) bond motifs is 1. The van der Waals surface area contributed by atoms with E-state index in [1.54, 1.807) is 0 Å². The minimum atomic E-state index is -5.04. The van der Waals surface area contributed by atoms with Gasteiger partial charge in [0.05, 0.1) is 18.2 Å². The van der Waals surface area contributed by atoms with Crippen LogP contribution in [0.5, 0.6) is 5.75 Å². The molecular weight excluding hydrogens is 414 g/mol. The lowest BCUT2D eigenvalue weighted by Gasteiger charge is -2.15. The molecule has 1 aliphatic rings. The monoisotopic (exact) mass is 424 g/mol. The van der Waals surface area contributed by atoms with Gasteiger partial charge in [-0.25, -0.2) is 0 Å². The first-order chi connectivity index (χ1) is 12.8. The van der Waals surface area contributed by atoms with Gasteiger partial charge in [-0.15, -0.1) is 4.40 Å². The molecule has 1 aliphatic heterocycles. The first-order valence-corrected chi connectivity index (χ1v) is 8.85. The number of rotatable bonds is 2. The van der Waals surface area contributed by atoms with E-state index in [1.807, 2.05) is 0 Å². The zero-order chi connectivity index (χ0) is 20.9. The molecule has 0 unspecified atom stereocenters. The molecule has 1 heterocycles. The van der Waals surface area contributed by atoms with Gasteiger partial charge in [0.15, 0.2) is 5.84 Å². The predicted molar refractivity (Wildman–Crippen MR) is 86.8 cm³/mol. The van der Waals surface area contributed by atoms with Crippen molar-refractivity contribution in [1.29, 1.82) is 0 Å². The molecule has 0 saturated carbocycles. The summed E-state index contributed by atoms with van der Waals surface area (Å²) in [5.41, 5.74) is -3.70. The van der Waals surface area contributed by atoms with Gasteiger partial charge >= 0.3 is 12.4 Å². The van der Waals surface area contributed by atoms with Crippen molar-refractivity contribution in [3.63, 3.8) is 0 Å². The summed E-state index contributed by atoms with van der Waals surface area (Å²) >= 11 is 0. The molecule has 12 heteroatoms. The Morgan fingerprint density at radius 3 is 2.00 bits per heavy atom. The molecule has 2 aromatic carbocycles. The molecule has 2 aromatic rings. The molecule has 0 spiro atoms. The zero-order valence-corrected chi connectivity index (χ0v) is 14.6. The molecule has 0 fully saturated rings. The van der Waals surface area contributed by atoms with Crippen molar-refractivity contribution >= 4 is 21.5 Å². The second kappa shape index (κ2) is 6.40. The lowest BCUT2D eigenvalue weighted by molar-refractivity contribution is -0.143. The Morgan fingerprint density at radius 1 is 0.929 bits per heavy atom. The highest BCUT2D eigenvalue weighted by Gasteiger charge is 2.37. The summed E-state index contributed by atoms with van der Waals surface area (Å²) in [5.74, 6) is -0.206. The van der Waals surface area contributed by atoms with Crippen LogP contribution in [0.1, 0.15) is 16.7 Å². The molecule has 0 aromatic heterocycles. The van der Waals surface area contributed by atoms with E-state index in [1.165, 1.54) is 19.2 Å². The third-order valence-electron chi connectivity index (χ3n) is 3.78. The van der Waals surface area contributed by atoms with Crippen molar-refractivity contribution in [3.8, 4) is 5.75 Å². The molecule has 0 atom stereocenters. The van der Waals surface area contributed by atoms with Crippen molar-refractivity contribution in [2.24, 2.45) is 4.40 Å². The summed E-state index contributed by atoms with van der Waals surface area (Å²) in [7, 11) is -2.89. The quantitative estimate of drug-likeness (QED) is 0.731.